The number of methoxy groups -OCH3 is 1. The van der Waals surface area contributed by atoms with Gasteiger partial charge in [-0.1, -0.05) is 0 Å². The van der Waals surface area contributed by atoms with Crippen LogP contribution in [0.5, 0.6) is 34.5 Å². The maximum absolute atomic E-state index is 13.8. The minimum Gasteiger partial charge on any atom is -0.508 e. The van der Waals surface area contributed by atoms with E-state index in [4.69, 9.17) is 28.1 Å². The van der Waals surface area contributed by atoms with Crippen LogP contribution in [0.1, 0.15) is 0 Å². The molecule has 0 saturated carbocycles. The number of benzene rings is 2. The maximum atomic E-state index is 13.8. The van der Waals surface area contributed by atoms with E-state index in [2.05, 4.69) is 0 Å². The van der Waals surface area contributed by atoms with E-state index in [1.54, 1.807) is 0 Å². The Balaban J connectivity index is 1.66. The first-order chi connectivity index (χ1) is 21.8. The fraction of sp³-hybridized carbons (Fsp3) is 0.464. The van der Waals surface area contributed by atoms with Crippen LogP contribution in [0.2, 0.25) is 0 Å². The normalized spacial score (nSPS) is 31.5. The third kappa shape index (κ3) is 5.86. The van der Waals surface area contributed by atoms with E-state index in [1.807, 2.05) is 0 Å². The Bertz CT molecular complexity index is 1620. The molecule has 0 bridgehead atoms. The van der Waals surface area contributed by atoms with Crippen molar-refractivity contribution >= 4 is 11.0 Å². The lowest BCUT2D eigenvalue weighted by atomic mass is 9.99. The first kappa shape index (κ1) is 33.4. The van der Waals surface area contributed by atoms with Crippen molar-refractivity contribution in [2.24, 2.45) is 0 Å². The number of phenols is 3. The fourth-order valence-electron chi connectivity index (χ4n) is 5.09. The molecule has 2 aliphatic heterocycles. The Kier molecular flexibility index (Phi) is 9.47. The molecule has 3 aromatic rings. The van der Waals surface area contributed by atoms with Gasteiger partial charge in [-0.15, -0.1) is 0 Å². The van der Waals surface area contributed by atoms with Crippen molar-refractivity contribution < 1.29 is 84.3 Å². The lowest BCUT2D eigenvalue weighted by Crippen LogP contribution is -2.60. The van der Waals surface area contributed by atoms with Crippen LogP contribution in [0.4, 0.5) is 0 Å². The summed E-state index contributed by atoms with van der Waals surface area (Å²) in [5.74, 6) is -4.05. The minimum atomic E-state index is -1.98. The SMILES string of the molecule is COc1cc(-c2oc3cc(O)cc(O)c3c(=O)c2O[C@@H]2O[C@H](CO)[C@@H](O)[C@H](O)[C@H]2O)cc(O[C@@H]2O[C@H](CO)[C@@H](O)[C@H](O)[C@H]2O)c1O. The molecule has 11 N–H and O–H groups in total. The number of hydrogen-bond acceptors (Lipinski definition) is 18. The Labute approximate surface area is 257 Å². The second kappa shape index (κ2) is 13.0. The molecule has 0 unspecified atom stereocenters. The van der Waals surface area contributed by atoms with Crippen LogP contribution in [0.15, 0.2) is 33.5 Å². The summed E-state index contributed by atoms with van der Waals surface area (Å²) in [4.78, 5) is 13.8. The quantitative estimate of drug-likeness (QED) is 0.115. The van der Waals surface area contributed by atoms with Crippen molar-refractivity contribution in [3.8, 4) is 45.8 Å². The van der Waals surface area contributed by atoms with E-state index in [1.165, 1.54) is 0 Å². The molecule has 5 rings (SSSR count). The Morgan fingerprint density at radius 1 is 0.717 bits per heavy atom. The van der Waals surface area contributed by atoms with E-state index in [-0.39, 0.29) is 16.9 Å². The van der Waals surface area contributed by atoms with E-state index < -0.39 is 120 Å². The second-order valence-corrected chi connectivity index (χ2v) is 10.6. The molecular formula is C28H32O18. The number of aliphatic hydroxyl groups excluding tert-OH is 8. The van der Waals surface area contributed by atoms with Crippen LogP contribution < -0.4 is 19.6 Å². The van der Waals surface area contributed by atoms with Gasteiger partial charge in [0.2, 0.25) is 29.5 Å². The summed E-state index contributed by atoms with van der Waals surface area (Å²) in [6.07, 6.45) is -17.6. The molecule has 2 saturated heterocycles. The summed E-state index contributed by atoms with van der Waals surface area (Å²) in [6.45, 7) is -1.60. The highest BCUT2D eigenvalue weighted by Gasteiger charge is 2.46. The highest BCUT2D eigenvalue weighted by Crippen LogP contribution is 2.45. The standard InChI is InChI=1S/C28H32O18/c1-41-12-2-8(3-13(17(12)33)43-27-23(39)21(37)18(34)14(6-29)44-27)25-26(20(36)16-10(32)4-9(31)5-11(16)42-25)46-28-24(40)22(38)19(35)15(7-30)45-28/h2-5,14-15,18-19,21-24,27-35,37-40H,6-7H2,1H3/t14-,15-,18-,19-,21+,22+,23-,24-,27-,28+/m1/s1. The van der Waals surface area contributed by atoms with Crippen LogP contribution in [-0.4, -0.2) is 138 Å². The Hall–Kier alpha value is -3.95. The predicted molar refractivity (Wildman–Crippen MR) is 148 cm³/mol. The molecule has 2 fully saturated rings. The lowest BCUT2D eigenvalue weighted by molar-refractivity contribution is -0.277. The van der Waals surface area contributed by atoms with Crippen molar-refractivity contribution in [2.45, 2.75) is 61.4 Å². The average Bonchev–Trinajstić information content (AvgIpc) is 3.02. The zero-order valence-corrected chi connectivity index (χ0v) is 23.8. The number of rotatable bonds is 8. The molecule has 46 heavy (non-hydrogen) atoms. The van der Waals surface area contributed by atoms with Crippen LogP contribution in [0.3, 0.4) is 0 Å². The van der Waals surface area contributed by atoms with Gasteiger partial charge in [-0.25, -0.2) is 0 Å². The van der Waals surface area contributed by atoms with E-state index in [9.17, 15) is 61.0 Å². The molecule has 1 aromatic heterocycles. The summed E-state index contributed by atoms with van der Waals surface area (Å²) in [6, 6.07) is 3.99. The molecule has 2 aromatic carbocycles. The first-order valence-corrected chi connectivity index (χ1v) is 13.7. The van der Waals surface area contributed by atoms with Gasteiger partial charge in [0.25, 0.3) is 0 Å². The molecule has 2 aliphatic rings. The third-order valence-electron chi connectivity index (χ3n) is 7.61. The van der Waals surface area contributed by atoms with Gasteiger partial charge >= 0.3 is 0 Å². The summed E-state index contributed by atoms with van der Waals surface area (Å²) in [5, 5.41) is 112. The Morgan fingerprint density at radius 3 is 1.80 bits per heavy atom. The highest BCUT2D eigenvalue weighted by atomic mass is 16.7. The summed E-state index contributed by atoms with van der Waals surface area (Å²) in [7, 11) is 1.15. The van der Waals surface area contributed by atoms with Crippen molar-refractivity contribution in [3.63, 3.8) is 0 Å². The summed E-state index contributed by atoms with van der Waals surface area (Å²) in [5.41, 5.74) is -1.65. The fourth-order valence-corrected chi connectivity index (χ4v) is 5.09. The van der Waals surface area contributed by atoms with Gasteiger partial charge in [0.15, 0.2) is 17.3 Å². The molecule has 18 nitrogen and oxygen atoms in total. The average molecular weight is 657 g/mol. The maximum Gasteiger partial charge on any atom is 0.239 e. The zero-order valence-electron chi connectivity index (χ0n) is 23.8. The van der Waals surface area contributed by atoms with Gasteiger partial charge < -0.3 is 84.3 Å². The van der Waals surface area contributed by atoms with E-state index in [0.717, 1.165) is 31.4 Å². The molecule has 3 heterocycles. The highest BCUT2D eigenvalue weighted by molar-refractivity contribution is 5.88. The van der Waals surface area contributed by atoms with Crippen LogP contribution in [0.25, 0.3) is 22.3 Å². The molecule has 0 spiro atoms. The third-order valence-corrected chi connectivity index (χ3v) is 7.61. The number of hydrogen-bond donors (Lipinski definition) is 11. The van der Waals surface area contributed by atoms with Crippen molar-refractivity contribution in [1.82, 2.24) is 0 Å². The molecule has 18 heteroatoms. The predicted octanol–water partition coefficient (Wildman–Crippen LogP) is -3.06. The lowest BCUT2D eigenvalue weighted by Gasteiger charge is -2.39. The monoisotopic (exact) mass is 656 g/mol. The smallest absolute Gasteiger partial charge is 0.239 e. The van der Waals surface area contributed by atoms with E-state index in [0.29, 0.717) is 0 Å². The second-order valence-electron chi connectivity index (χ2n) is 10.6. The van der Waals surface area contributed by atoms with Crippen molar-refractivity contribution in [3.05, 3.63) is 34.5 Å². The number of ether oxygens (including phenoxy) is 5. The van der Waals surface area contributed by atoms with Gasteiger partial charge in [-0.3, -0.25) is 4.79 Å². The number of fused-ring (bicyclic) bond motifs is 1. The summed E-state index contributed by atoms with van der Waals surface area (Å²) >= 11 is 0. The molecule has 252 valence electrons. The van der Waals surface area contributed by atoms with Gasteiger partial charge in [0, 0.05) is 17.7 Å². The molecule has 10 atom stereocenters. The number of aliphatic hydroxyl groups is 8. The van der Waals surface area contributed by atoms with Gasteiger partial charge in [-0.05, 0) is 12.1 Å². The van der Waals surface area contributed by atoms with Gasteiger partial charge in [0.1, 0.15) is 71.3 Å². The van der Waals surface area contributed by atoms with E-state index >= 15 is 0 Å². The Morgan fingerprint density at radius 2 is 1.26 bits per heavy atom. The molecule has 0 radical (unpaired) electrons. The minimum absolute atomic E-state index is 0.185. The largest absolute Gasteiger partial charge is 0.508 e. The van der Waals surface area contributed by atoms with Crippen LogP contribution in [0, 0.1) is 0 Å². The van der Waals surface area contributed by atoms with Crippen molar-refractivity contribution in [1.29, 1.82) is 0 Å². The summed E-state index contributed by atoms with van der Waals surface area (Å²) < 4.78 is 33.0. The molecule has 0 amide bonds. The van der Waals surface area contributed by atoms with Crippen LogP contribution >= 0.6 is 0 Å². The molecular weight excluding hydrogens is 624 g/mol. The number of phenolic OH excluding ortho intramolecular Hbond substituents is 3. The van der Waals surface area contributed by atoms with Gasteiger partial charge in [-0.2, -0.15) is 0 Å². The first-order valence-electron chi connectivity index (χ1n) is 13.7. The zero-order chi connectivity index (χ0) is 33.6. The molecule has 0 aliphatic carbocycles. The van der Waals surface area contributed by atoms with Gasteiger partial charge in [0.05, 0.1) is 20.3 Å². The topological polar surface area (TPSA) is 299 Å². The van der Waals surface area contributed by atoms with Crippen molar-refractivity contribution in [2.75, 3.05) is 20.3 Å². The van der Waals surface area contributed by atoms with Crippen LogP contribution in [-0.2, 0) is 9.47 Å². The number of aromatic hydroxyl groups is 3.